The highest BCUT2D eigenvalue weighted by Crippen LogP contribution is 2.65. The molecule has 15 heavy (non-hydrogen) atoms. The Balaban J connectivity index is 1.89. The van der Waals surface area contributed by atoms with Gasteiger partial charge in [-0.25, -0.2) is 0 Å². The van der Waals surface area contributed by atoms with Gasteiger partial charge in [-0.1, -0.05) is 29.8 Å². The lowest BCUT2D eigenvalue weighted by molar-refractivity contribution is -0.199. The topological polar surface area (TPSA) is 18.5 Å². The number of rotatable bonds is 1. The first-order valence-corrected chi connectivity index (χ1v) is 7.00. The lowest BCUT2D eigenvalue weighted by Crippen LogP contribution is -2.65. The first-order valence-electron chi connectivity index (χ1n) is 5.87. The molecule has 0 aromatic rings. The molecule has 1 unspecified atom stereocenters. The maximum Gasteiger partial charge on any atom is 0.468 e. The Kier molecular flexibility index (Phi) is 2.14. The van der Waals surface area contributed by atoms with Crippen LogP contribution in [0.25, 0.3) is 0 Å². The molecule has 0 aromatic carbocycles. The average molecular weight is 273 g/mol. The van der Waals surface area contributed by atoms with Gasteiger partial charge in [0.05, 0.1) is 11.7 Å². The van der Waals surface area contributed by atoms with Crippen LogP contribution < -0.4 is 0 Å². The van der Waals surface area contributed by atoms with Crippen LogP contribution in [0.2, 0.25) is 0 Å². The van der Waals surface area contributed by atoms with Crippen molar-refractivity contribution in [2.45, 2.75) is 45.3 Å². The summed E-state index contributed by atoms with van der Waals surface area (Å²) < 4.78 is 12.1. The summed E-state index contributed by atoms with van der Waals surface area (Å²) in [4.78, 5) is 0. The highest BCUT2D eigenvalue weighted by molar-refractivity contribution is 9.09. The van der Waals surface area contributed by atoms with E-state index in [0.717, 1.165) is 11.1 Å². The normalized spacial score (nSPS) is 51.2. The second-order valence-electron chi connectivity index (χ2n) is 6.05. The molecular weight excluding hydrogens is 255 g/mol. The molecule has 2 nitrogen and oxygen atoms in total. The molecule has 4 aliphatic rings. The van der Waals surface area contributed by atoms with Crippen LogP contribution in [0.3, 0.4) is 0 Å². The molecule has 4 heteroatoms. The molecule has 4 rings (SSSR count). The Morgan fingerprint density at radius 3 is 2.67 bits per heavy atom. The van der Waals surface area contributed by atoms with Crippen LogP contribution in [0.15, 0.2) is 0 Å². The molecule has 1 aliphatic heterocycles. The van der Waals surface area contributed by atoms with Gasteiger partial charge in [0.25, 0.3) is 0 Å². The van der Waals surface area contributed by atoms with Gasteiger partial charge >= 0.3 is 7.12 Å². The zero-order valence-electron chi connectivity index (χ0n) is 9.63. The molecule has 0 amide bonds. The molecule has 3 aliphatic carbocycles. The van der Waals surface area contributed by atoms with E-state index in [1.54, 1.807) is 0 Å². The fraction of sp³-hybridized carbons (Fsp3) is 1.00. The van der Waals surface area contributed by atoms with Crippen LogP contribution in [0, 0.1) is 17.3 Å². The predicted octanol–water partition coefficient (Wildman–Crippen LogP) is 2.65. The van der Waals surface area contributed by atoms with Crippen LogP contribution in [-0.2, 0) is 9.31 Å². The molecule has 0 N–H and O–H groups in total. The predicted molar refractivity (Wildman–Crippen MR) is 63.9 cm³/mol. The first kappa shape index (κ1) is 10.6. The molecule has 4 fully saturated rings. The van der Waals surface area contributed by atoms with Crippen molar-refractivity contribution in [3.05, 3.63) is 0 Å². The Hall–Kier alpha value is 0.465. The van der Waals surface area contributed by atoms with Crippen LogP contribution in [-0.4, -0.2) is 24.1 Å². The molecule has 0 spiro atoms. The van der Waals surface area contributed by atoms with Crippen LogP contribution in [0.1, 0.15) is 33.6 Å². The highest BCUT2D eigenvalue weighted by atomic mass is 79.9. The molecule has 1 saturated heterocycles. The van der Waals surface area contributed by atoms with Gasteiger partial charge in [0.1, 0.15) is 0 Å². The van der Waals surface area contributed by atoms with Gasteiger partial charge in [-0.2, -0.15) is 0 Å². The van der Waals surface area contributed by atoms with E-state index >= 15 is 0 Å². The van der Waals surface area contributed by atoms with Gasteiger partial charge in [-0.3, -0.25) is 0 Å². The Bertz CT molecular complexity index is 296. The SMILES string of the molecule is CC1(C)[C@@H]2CC3OB(CBr)O[C@@]3(C)[C@H]1C2. The number of alkyl halides is 1. The van der Waals surface area contributed by atoms with Crippen molar-refractivity contribution in [3.63, 3.8) is 0 Å². The molecule has 84 valence electrons. The van der Waals surface area contributed by atoms with Gasteiger partial charge in [-0.05, 0) is 37.0 Å². The molecule has 0 radical (unpaired) electrons. The van der Waals surface area contributed by atoms with E-state index in [1.165, 1.54) is 12.8 Å². The lowest BCUT2D eigenvalue weighted by Gasteiger charge is -2.64. The van der Waals surface area contributed by atoms with E-state index in [-0.39, 0.29) is 12.7 Å². The number of hydrogen-bond acceptors (Lipinski definition) is 2. The molecule has 3 saturated carbocycles. The van der Waals surface area contributed by atoms with Gasteiger partial charge < -0.3 is 9.31 Å². The van der Waals surface area contributed by atoms with Crippen molar-refractivity contribution in [1.29, 1.82) is 0 Å². The van der Waals surface area contributed by atoms with E-state index in [0.29, 0.717) is 17.4 Å². The molecule has 0 aromatic heterocycles. The average Bonchev–Trinajstić information content (AvgIpc) is 2.53. The zero-order chi connectivity index (χ0) is 10.8. The van der Waals surface area contributed by atoms with E-state index in [2.05, 4.69) is 36.7 Å². The Morgan fingerprint density at radius 2 is 2.07 bits per heavy atom. The van der Waals surface area contributed by atoms with Gasteiger partial charge in [-0.15, -0.1) is 0 Å². The third-order valence-electron chi connectivity index (χ3n) is 5.13. The van der Waals surface area contributed by atoms with Crippen molar-refractivity contribution in [1.82, 2.24) is 0 Å². The second kappa shape index (κ2) is 3.02. The molecule has 2 bridgehead atoms. The summed E-state index contributed by atoms with van der Waals surface area (Å²) >= 11 is 3.45. The van der Waals surface area contributed by atoms with Crippen LogP contribution in [0.4, 0.5) is 0 Å². The van der Waals surface area contributed by atoms with Crippen molar-refractivity contribution in [2.24, 2.45) is 17.3 Å². The fourth-order valence-corrected chi connectivity index (χ4v) is 4.30. The number of halogens is 1. The van der Waals surface area contributed by atoms with E-state index < -0.39 is 0 Å². The van der Waals surface area contributed by atoms with E-state index in [1.807, 2.05) is 0 Å². The summed E-state index contributed by atoms with van der Waals surface area (Å²) in [6, 6.07) is 0. The first-order chi connectivity index (χ1) is 6.98. The molecule has 1 heterocycles. The maximum absolute atomic E-state index is 6.12. The van der Waals surface area contributed by atoms with Crippen LogP contribution in [0.5, 0.6) is 0 Å². The largest absolute Gasteiger partial charge is 0.468 e. The Labute approximate surface area is 100 Å². The smallest absolute Gasteiger partial charge is 0.405 e. The van der Waals surface area contributed by atoms with Gasteiger partial charge in [0.15, 0.2) is 0 Å². The van der Waals surface area contributed by atoms with Gasteiger partial charge in [0, 0.05) is 5.23 Å². The second-order valence-corrected chi connectivity index (χ2v) is 6.70. The van der Waals surface area contributed by atoms with Crippen molar-refractivity contribution < 1.29 is 9.31 Å². The van der Waals surface area contributed by atoms with Crippen molar-refractivity contribution >= 4 is 23.0 Å². The third kappa shape index (κ3) is 1.19. The summed E-state index contributed by atoms with van der Waals surface area (Å²) in [6.07, 6.45) is 2.85. The summed E-state index contributed by atoms with van der Waals surface area (Å²) in [6.45, 7) is 7.03. The maximum atomic E-state index is 6.12. The number of hydrogen-bond donors (Lipinski definition) is 0. The van der Waals surface area contributed by atoms with Gasteiger partial charge in [0.2, 0.25) is 0 Å². The summed E-state index contributed by atoms with van der Waals surface area (Å²) in [5, 5.41) is 0.789. The summed E-state index contributed by atoms with van der Waals surface area (Å²) in [5.74, 6) is 1.52. The monoisotopic (exact) mass is 272 g/mol. The van der Waals surface area contributed by atoms with E-state index in [9.17, 15) is 0 Å². The summed E-state index contributed by atoms with van der Waals surface area (Å²) in [5.41, 5.74) is 0.423. The minimum Gasteiger partial charge on any atom is -0.405 e. The quantitative estimate of drug-likeness (QED) is 0.540. The molecule has 4 atom stereocenters. The standard InChI is InChI=1S/C11H18BBrO2/c1-10(2)7-4-8(10)11(3)9(5-7)14-12(6-13)15-11/h7-9H,4-6H2,1-3H3/t7-,8-,9?,11-/m0/s1. The van der Waals surface area contributed by atoms with E-state index in [4.69, 9.17) is 9.31 Å². The molecular formula is C11H18BBrO2. The highest BCUT2D eigenvalue weighted by Gasteiger charge is 2.67. The zero-order valence-corrected chi connectivity index (χ0v) is 11.2. The summed E-state index contributed by atoms with van der Waals surface area (Å²) in [7, 11) is -0.0323. The minimum atomic E-state index is -0.0323. The fourth-order valence-electron chi connectivity index (χ4n) is 4.02. The van der Waals surface area contributed by atoms with Crippen LogP contribution >= 0.6 is 15.9 Å². The van der Waals surface area contributed by atoms with Crippen molar-refractivity contribution in [3.8, 4) is 0 Å². The van der Waals surface area contributed by atoms with Crippen molar-refractivity contribution in [2.75, 3.05) is 5.23 Å². The third-order valence-corrected chi connectivity index (χ3v) is 5.66. The Morgan fingerprint density at radius 1 is 1.33 bits per heavy atom. The lowest BCUT2D eigenvalue weighted by atomic mass is 9.43. The minimum absolute atomic E-state index is 0.0311.